The Morgan fingerprint density at radius 1 is 1.26 bits per heavy atom. The fraction of sp³-hybridized carbons (Fsp3) is 0.286. The molecule has 3 nitrogen and oxygen atoms in total. The number of fused-ring (bicyclic) bond motifs is 1. The maximum atomic E-state index is 4.41. The van der Waals surface area contributed by atoms with Gasteiger partial charge in [0.15, 0.2) is 0 Å². The Bertz CT molecular complexity index is 671. The minimum absolute atomic E-state index is 0.592. The van der Waals surface area contributed by atoms with Crippen molar-refractivity contribution in [2.45, 2.75) is 13.8 Å². The van der Waals surface area contributed by atoms with Gasteiger partial charge in [-0.2, -0.15) is 0 Å². The lowest BCUT2D eigenvalue weighted by Crippen LogP contribution is -2.09. The Labute approximate surface area is 120 Å². The van der Waals surface area contributed by atoms with Crippen LogP contribution in [0.3, 0.4) is 0 Å². The molecule has 3 heterocycles. The molecule has 19 heavy (non-hydrogen) atoms. The number of aromatic nitrogens is 2. The van der Waals surface area contributed by atoms with Crippen molar-refractivity contribution in [1.29, 1.82) is 0 Å². The summed E-state index contributed by atoms with van der Waals surface area (Å²) in [5.41, 5.74) is 1.24. The van der Waals surface area contributed by atoms with Crippen LogP contribution in [0.5, 0.6) is 0 Å². The minimum Gasteiger partial charge on any atom is -0.369 e. The second-order valence-electron chi connectivity index (χ2n) is 4.80. The summed E-state index contributed by atoms with van der Waals surface area (Å²) in [4.78, 5) is 11.1. The van der Waals surface area contributed by atoms with Crippen molar-refractivity contribution >= 4 is 38.7 Å². The van der Waals surface area contributed by atoms with E-state index in [9.17, 15) is 0 Å². The molecule has 0 saturated heterocycles. The van der Waals surface area contributed by atoms with Gasteiger partial charge in [0, 0.05) is 22.4 Å². The van der Waals surface area contributed by atoms with Crippen molar-refractivity contribution in [2.24, 2.45) is 5.92 Å². The predicted molar refractivity (Wildman–Crippen MR) is 84.1 cm³/mol. The first-order valence-electron chi connectivity index (χ1n) is 6.25. The van der Waals surface area contributed by atoms with Crippen molar-refractivity contribution in [3.63, 3.8) is 0 Å². The molecule has 0 saturated carbocycles. The minimum atomic E-state index is 0.592. The normalized spacial score (nSPS) is 11.3. The molecule has 0 spiro atoms. The van der Waals surface area contributed by atoms with Gasteiger partial charge in [-0.15, -0.1) is 22.7 Å². The van der Waals surface area contributed by atoms with Gasteiger partial charge in [-0.25, -0.2) is 9.97 Å². The van der Waals surface area contributed by atoms with E-state index in [0.717, 1.165) is 22.6 Å². The average molecular weight is 289 g/mol. The van der Waals surface area contributed by atoms with E-state index >= 15 is 0 Å². The third kappa shape index (κ3) is 2.48. The zero-order valence-corrected chi connectivity index (χ0v) is 12.5. The van der Waals surface area contributed by atoms with E-state index in [2.05, 4.69) is 52.0 Å². The summed E-state index contributed by atoms with van der Waals surface area (Å²) in [7, 11) is 0. The molecule has 3 rings (SSSR count). The lowest BCUT2D eigenvalue weighted by Gasteiger charge is -2.09. The monoisotopic (exact) mass is 289 g/mol. The molecule has 0 unspecified atom stereocenters. The Morgan fingerprint density at radius 2 is 2.16 bits per heavy atom. The Morgan fingerprint density at radius 3 is 2.89 bits per heavy atom. The van der Waals surface area contributed by atoms with E-state index in [0.29, 0.717) is 5.92 Å². The zero-order valence-electron chi connectivity index (χ0n) is 10.9. The lowest BCUT2D eigenvalue weighted by molar-refractivity contribution is 0.687. The Balaban J connectivity index is 2.09. The maximum absolute atomic E-state index is 4.41. The number of thiophene rings is 2. The highest BCUT2D eigenvalue weighted by atomic mass is 32.1. The number of nitrogens with zero attached hydrogens (tertiary/aromatic N) is 2. The molecule has 0 aromatic carbocycles. The van der Waals surface area contributed by atoms with Gasteiger partial charge in [0.05, 0.1) is 5.39 Å². The van der Waals surface area contributed by atoms with Gasteiger partial charge in [0.1, 0.15) is 17.0 Å². The standard InChI is InChI=1S/C14H15N3S2/c1-9(2)6-15-13-12-10(11-4-3-5-18-11)7-19-14(12)17-8-16-13/h3-5,7-9H,6H2,1-2H3,(H,15,16,17). The van der Waals surface area contributed by atoms with E-state index in [1.54, 1.807) is 29.0 Å². The second-order valence-corrected chi connectivity index (χ2v) is 6.61. The van der Waals surface area contributed by atoms with E-state index in [1.165, 1.54) is 10.4 Å². The topological polar surface area (TPSA) is 37.8 Å². The van der Waals surface area contributed by atoms with Gasteiger partial charge >= 0.3 is 0 Å². The first-order chi connectivity index (χ1) is 9.25. The average Bonchev–Trinajstić information content (AvgIpc) is 3.04. The molecule has 0 aliphatic carbocycles. The lowest BCUT2D eigenvalue weighted by atomic mass is 10.2. The van der Waals surface area contributed by atoms with Crippen molar-refractivity contribution < 1.29 is 0 Å². The predicted octanol–water partition coefficient (Wildman–Crippen LogP) is 4.49. The van der Waals surface area contributed by atoms with Gasteiger partial charge in [-0.05, 0) is 17.4 Å². The van der Waals surface area contributed by atoms with E-state index in [4.69, 9.17) is 0 Å². The SMILES string of the molecule is CC(C)CNc1ncnc2scc(-c3cccs3)c12. The molecule has 0 aliphatic heterocycles. The van der Waals surface area contributed by atoms with Crippen LogP contribution in [0.25, 0.3) is 20.7 Å². The number of anilines is 1. The third-order valence-electron chi connectivity index (χ3n) is 2.83. The molecule has 1 N–H and O–H groups in total. The summed E-state index contributed by atoms with van der Waals surface area (Å²) < 4.78 is 0. The van der Waals surface area contributed by atoms with Gasteiger partial charge < -0.3 is 5.32 Å². The molecule has 0 bridgehead atoms. The summed E-state index contributed by atoms with van der Waals surface area (Å²) in [6.45, 7) is 5.31. The van der Waals surface area contributed by atoms with Crippen LogP contribution in [0.4, 0.5) is 5.82 Å². The summed E-state index contributed by atoms with van der Waals surface area (Å²) in [5, 5.41) is 8.86. The number of rotatable bonds is 4. The first kappa shape index (κ1) is 12.6. The molecule has 0 atom stereocenters. The van der Waals surface area contributed by atoms with Crippen molar-refractivity contribution in [3.8, 4) is 10.4 Å². The van der Waals surface area contributed by atoms with Crippen LogP contribution < -0.4 is 5.32 Å². The highest BCUT2D eigenvalue weighted by molar-refractivity contribution is 7.18. The number of nitrogens with one attached hydrogen (secondary N) is 1. The molecule has 3 aromatic rings. The van der Waals surface area contributed by atoms with Crippen LogP contribution in [0.15, 0.2) is 29.2 Å². The van der Waals surface area contributed by atoms with Crippen LogP contribution in [0.1, 0.15) is 13.8 Å². The highest BCUT2D eigenvalue weighted by Crippen LogP contribution is 2.38. The molecular weight excluding hydrogens is 274 g/mol. The second kappa shape index (κ2) is 5.27. The molecule has 5 heteroatoms. The number of hydrogen-bond acceptors (Lipinski definition) is 5. The van der Waals surface area contributed by atoms with Gasteiger partial charge in [-0.3, -0.25) is 0 Å². The summed E-state index contributed by atoms with van der Waals surface area (Å²) in [6.07, 6.45) is 1.64. The molecule has 0 aliphatic rings. The summed E-state index contributed by atoms with van der Waals surface area (Å²) in [5.74, 6) is 1.54. The number of hydrogen-bond donors (Lipinski definition) is 1. The van der Waals surface area contributed by atoms with Crippen LogP contribution in [0.2, 0.25) is 0 Å². The van der Waals surface area contributed by atoms with Crippen LogP contribution in [0, 0.1) is 5.92 Å². The molecule has 3 aromatic heterocycles. The van der Waals surface area contributed by atoms with Crippen molar-refractivity contribution in [1.82, 2.24) is 9.97 Å². The van der Waals surface area contributed by atoms with Gasteiger partial charge in [-0.1, -0.05) is 19.9 Å². The van der Waals surface area contributed by atoms with Gasteiger partial charge in [0.2, 0.25) is 0 Å². The summed E-state index contributed by atoms with van der Waals surface area (Å²) >= 11 is 3.43. The molecule has 0 radical (unpaired) electrons. The molecular formula is C14H15N3S2. The Kier molecular flexibility index (Phi) is 3.48. The maximum Gasteiger partial charge on any atom is 0.138 e. The zero-order chi connectivity index (χ0) is 13.2. The summed E-state index contributed by atoms with van der Waals surface area (Å²) in [6, 6.07) is 4.22. The highest BCUT2D eigenvalue weighted by Gasteiger charge is 2.13. The largest absolute Gasteiger partial charge is 0.369 e. The fourth-order valence-corrected chi connectivity index (χ4v) is 3.65. The van der Waals surface area contributed by atoms with Crippen LogP contribution in [-0.4, -0.2) is 16.5 Å². The van der Waals surface area contributed by atoms with Crippen LogP contribution in [-0.2, 0) is 0 Å². The van der Waals surface area contributed by atoms with E-state index in [-0.39, 0.29) is 0 Å². The smallest absolute Gasteiger partial charge is 0.138 e. The first-order valence-corrected chi connectivity index (χ1v) is 8.01. The third-order valence-corrected chi connectivity index (χ3v) is 4.62. The Hall–Kier alpha value is -1.46. The quantitative estimate of drug-likeness (QED) is 0.769. The van der Waals surface area contributed by atoms with Crippen molar-refractivity contribution in [3.05, 3.63) is 29.2 Å². The fourth-order valence-electron chi connectivity index (χ4n) is 1.92. The van der Waals surface area contributed by atoms with E-state index in [1.807, 2.05) is 0 Å². The molecule has 98 valence electrons. The van der Waals surface area contributed by atoms with Crippen molar-refractivity contribution in [2.75, 3.05) is 11.9 Å². The molecule has 0 fully saturated rings. The van der Waals surface area contributed by atoms with Crippen LogP contribution >= 0.6 is 22.7 Å². The van der Waals surface area contributed by atoms with Gasteiger partial charge in [0.25, 0.3) is 0 Å². The molecule has 0 amide bonds. The van der Waals surface area contributed by atoms with E-state index < -0.39 is 0 Å².